The predicted octanol–water partition coefficient (Wildman–Crippen LogP) is 7.25. The van der Waals surface area contributed by atoms with Gasteiger partial charge < -0.3 is 0 Å². The van der Waals surface area contributed by atoms with E-state index in [1.54, 1.807) is 11.3 Å². The van der Waals surface area contributed by atoms with E-state index in [2.05, 4.69) is 98.5 Å². The zero-order valence-electron chi connectivity index (χ0n) is 17.6. The standard InChI is InChI=1S/C28H18N4S/c1-3-9-19(10-4-1)27-29-30-28(31(27)21-11-5-2-6-12-21)32-24-14-8-7-13-22(24)23-17-20-15-16-33-26(20)18-25(23)32/h1-18H. The van der Waals surface area contributed by atoms with Gasteiger partial charge >= 0.3 is 0 Å². The number of thiophene rings is 1. The fourth-order valence-corrected chi connectivity index (χ4v) is 5.45. The molecule has 0 saturated heterocycles. The summed E-state index contributed by atoms with van der Waals surface area (Å²) < 4.78 is 5.66. The number of fused-ring (bicyclic) bond motifs is 4. The first kappa shape index (κ1) is 18.4. The van der Waals surface area contributed by atoms with Crippen LogP contribution in [0.3, 0.4) is 0 Å². The number of nitrogens with zero attached hydrogens (tertiary/aromatic N) is 4. The minimum Gasteiger partial charge on any atom is -0.278 e. The van der Waals surface area contributed by atoms with Gasteiger partial charge in [-0.15, -0.1) is 21.5 Å². The van der Waals surface area contributed by atoms with Gasteiger partial charge in [0.15, 0.2) is 5.82 Å². The Bertz CT molecular complexity index is 1760. The molecule has 4 aromatic carbocycles. The number of aromatic nitrogens is 4. The summed E-state index contributed by atoms with van der Waals surface area (Å²) in [6.45, 7) is 0. The van der Waals surface area contributed by atoms with E-state index in [4.69, 9.17) is 5.10 Å². The maximum absolute atomic E-state index is 4.76. The fraction of sp³-hybridized carbons (Fsp3) is 0. The Hall–Kier alpha value is -4.22. The van der Waals surface area contributed by atoms with Gasteiger partial charge in [-0.3, -0.25) is 9.13 Å². The van der Waals surface area contributed by atoms with Crippen LogP contribution in [0.25, 0.3) is 54.9 Å². The summed E-state index contributed by atoms with van der Waals surface area (Å²) in [6.07, 6.45) is 0. The molecule has 0 radical (unpaired) electrons. The molecule has 33 heavy (non-hydrogen) atoms. The zero-order valence-corrected chi connectivity index (χ0v) is 18.4. The monoisotopic (exact) mass is 442 g/mol. The highest BCUT2D eigenvalue weighted by Crippen LogP contribution is 2.37. The SMILES string of the molecule is c1ccc(-c2nnc(-n3c4ccccc4c4cc5ccsc5cc43)n2-c2ccccc2)cc1. The molecule has 0 amide bonds. The topological polar surface area (TPSA) is 35.6 Å². The number of para-hydroxylation sites is 2. The lowest BCUT2D eigenvalue weighted by molar-refractivity contribution is 0.933. The van der Waals surface area contributed by atoms with Gasteiger partial charge in [-0.2, -0.15) is 0 Å². The molecule has 0 bridgehead atoms. The molecule has 5 heteroatoms. The Balaban J connectivity index is 1.63. The van der Waals surface area contributed by atoms with Crippen LogP contribution in [-0.4, -0.2) is 19.3 Å². The van der Waals surface area contributed by atoms with Crippen molar-refractivity contribution in [3.63, 3.8) is 0 Å². The molecule has 0 saturated carbocycles. The van der Waals surface area contributed by atoms with Gasteiger partial charge in [0.25, 0.3) is 0 Å². The van der Waals surface area contributed by atoms with Crippen molar-refractivity contribution in [3.8, 4) is 23.0 Å². The second-order valence-electron chi connectivity index (χ2n) is 8.04. The van der Waals surface area contributed by atoms with Crippen molar-refractivity contribution in [2.24, 2.45) is 0 Å². The van der Waals surface area contributed by atoms with Crippen molar-refractivity contribution in [1.82, 2.24) is 19.3 Å². The summed E-state index contributed by atoms with van der Waals surface area (Å²) >= 11 is 1.76. The van der Waals surface area contributed by atoms with Gasteiger partial charge in [0.2, 0.25) is 5.95 Å². The molecule has 7 aromatic rings. The van der Waals surface area contributed by atoms with Gasteiger partial charge in [-0.05, 0) is 47.2 Å². The van der Waals surface area contributed by atoms with E-state index in [9.17, 15) is 0 Å². The molecule has 3 aromatic heterocycles. The number of rotatable bonds is 3. The van der Waals surface area contributed by atoms with Crippen molar-refractivity contribution < 1.29 is 0 Å². The Labute approximate surface area is 194 Å². The van der Waals surface area contributed by atoms with Gasteiger partial charge in [0.1, 0.15) is 0 Å². The van der Waals surface area contributed by atoms with Gasteiger partial charge in [0.05, 0.1) is 16.7 Å². The van der Waals surface area contributed by atoms with Crippen LogP contribution in [0, 0.1) is 0 Å². The van der Waals surface area contributed by atoms with E-state index >= 15 is 0 Å². The summed E-state index contributed by atoms with van der Waals surface area (Å²) in [6, 6.07) is 35.9. The van der Waals surface area contributed by atoms with E-state index in [1.165, 1.54) is 20.9 Å². The minimum absolute atomic E-state index is 0.780. The van der Waals surface area contributed by atoms with E-state index in [0.29, 0.717) is 0 Å². The van der Waals surface area contributed by atoms with Crippen molar-refractivity contribution >= 4 is 43.2 Å². The van der Waals surface area contributed by atoms with Crippen molar-refractivity contribution in [2.75, 3.05) is 0 Å². The lowest BCUT2D eigenvalue weighted by atomic mass is 10.1. The lowest BCUT2D eigenvalue weighted by Crippen LogP contribution is -2.06. The molecular weight excluding hydrogens is 424 g/mol. The second kappa shape index (κ2) is 7.15. The molecule has 3 heterocycles. The van der Waals surface area contributed by atoms with E-state index in [-0.39, 0.29) is 0 Å². The van der Waals surface area contributed by atoms with Crippen LogP contribution in [0.2, 0.25) is 0 Å². The van der Waals surface area contributed by atoms with Crippen LogP contribution in [-0.2, 0) is 0 Å². The lowest BCUT2D eigenvalue weighted by Gasteiger charge is -2.13. The van der Waals surface area contributed by atoms with Crippen LogP contribution in [0.5, 0.6) is 0 Å². The molecule has 4 nitrogen and oxygen atoms in total. The van der Waals surface area contributed by atoms with Gasteiger partial charge in [-0.25, -0.2) is 0 Å². The van der Waals surface area contributed by atoms with Crippen LogP contribution in [0.15, 0.2) is 109 Å². The predicted molar refractivity (Wildman–Crippen MR) is 137 cm³/mol. The van der Waals surface area contributed by atoms with Crippen molar-refractivity contribution in [2.45, 2.75) is 0 Å². The molecule has 0 atom stereocenters. The quantitative estimate of drug-likeness (QED) is 0.289. The molecule has 156 valence electrons. The van der Waals surface area contributed by atoms with E-state index < -0.39 is 0 Å². The molecule has 0 spiro atoms. The third-order valence-electron chi connectivity index (χ3n) is 6.14. The first-order valence-electron chi connectivity index (χ1n) is 10.9. The summed E-state index contributed by atoms with van der Waals surface area (Å²) in [5.41, 5.74) is 4.31. The maximum Gasteiger partial charge on any atom is 0.241 e. The van der Waals surface area contributed by atoms with Gasteiger partial charge in [-0.1, -0.05) is 66.7 Å². The Morgan fingerprint density at radius 1 is 0.606 bits per heavy atom. The highest BCUT2D eigenvalue weighted by Gasteiger charge is 2.21. The first-order valence-corrected chi connectivity index (χ1v) is 11.7. The summed E-state index contributed by atoms with van der Waals surface area (Å²) in [4.78, 5) is 0. The molecule has 0 N–H and O–H groups in total. The number of hydrogen-bond donors (Lipinski definition) is 0. The average Bonchev–Trinajstić information content (AvgIpc) is 3.59. The van der Waals surface area contributed by atoms with Crippen LogP contribution >= 0.6 is 11.3 Å². The molecule has 0 fully saturated rings. The second-order valence-corrected chi connectivity index (χ2v) is 8.99. The molecule has 0 aliphatic rings. The largest absolute Gasteiger partial charge is 0.278 e. The van der Waals surface area contributed by atoms with Crippen molar-refractivity contribution in [3.05, 3.63) is 109 Å². The highest BCUT2D eigenvalue weighted by atomic mass is 32.1. The Morgan fingerprint density at radius 2 is 1.36 bits per heavy atom. The maximum atomic E-state index is 4.76. The Morgan fingerprint density at radius 3 is 2.21 bits per heavy atom. The smallest absolute Gasteiger partial charge is 0.241 e. The minimum atomic E-state index is 0.780. The highest BCUT2D eigenvalue weighted by molar-refractivity contribution is 7.17. The van der Waals surface area contributed by atoms with Gasteiger partial charge in [0, 0.05) is 21.0 Å². The van der Waals surface area contributed by atoms with Crippen LogP contribution in [0.1, 0.15) is 0 Å². The number of benzene rings is 4. The third kappa shape index (κ3) is 2.76. The summed E-state index contributed by atoms with van der Waals surface area (Å²) in [7, 11) is 0. The normalized spacial score (nSPS) is 11.6. The van der Waals surface area contributed by atoms with Crippen LogP contribution < -0.4 is 0 Å². The number of hydrogen-bond acceptors (Lipinski definition) is 3. The Kier molecular flexibility index (Phi) is 3.98. The summed E-state index contributed by atoms with van der Waals surface area (Å²) in [5, 5.41) is 15.3. The van der Waals surface area contributed by atoms with E-state index in [1.807, 2.05) is 24.3 Å². The molecule has 7 rings (SSSR count). The van der Waals surface area contributed by atoms with E-state index in [0.717, 1.165) is 34.1 Å². The average molecular weight is 443 g/mol. The van der Waals surface area contributed by atoms with Crippen LogP contribution in [0.4, 0.5) is 0 Å². The van der Waals surface area contributed by atoms with Crippen molar-refractivity contribution in [1.29, 1.82) is 0 Å². The molecule has 0 aliphatic carbocycles. The fourth-order valence-electron chi connectivity index (χ4n) is 4.65. The zero-order chi connectivity index (χ0) is 21.8. The molecule has 0 unspecified atom stereocenters. The summed E-state index contributed by atoms with van der Waals surface area (Å²) in [5.74, 6) is 1.60. The first-order chi connectivity index (χ1) is 16.4. The molecular formula is C28H18N4S. The molecule has 0 aliphatic heterocycles. The third-order valence-corrected chi connectivity index (χ3v) is 7.02.